The van der Waals surface area contributed by atoms with E-state index in [9.17, 15) is 22.0 Å². The van der Waals surface area contributed by atoms with Crippen LogP contribution in [0.2, 0.25) is 0 Å². The zero-order chi connectivity index (χ0) is 18.2. The second kappa shape index (κ2) is 6.57. The molecule has 1 amide bonds. The average molecular weight is 370 g/mol. The summed E-state index contributed by atoms with van der Waals surface area (Å²) in [6.07, 6.45) is 1.42. The number of rotatable bonds is 3. The molecule has 3 rings (SSSR count). The number of aryl methyl sites for hydroxylation is 1. The Bertz CT molecular complexity index is 903. The van der Waals surface area contributed by atoms with Gasteiger partial charge >= 0.3 is 0 Å². The minimum absolute atomic E-state index is 0.0296. The smallest absolute Gasteiger partial charge is 0.257 e. The minimum Gasteiger partial charge on any atom is -0.469 e. The van der Waals surface area contributed by atoms with Gasteiger partial charge < -0.3 is 9.32 Å². The van der Waals surface area contributed by atoms with Gasteiger partial charge in [-0.3, -0.25) is 4.79 Å². The van der Waals surface area contributed by atoms with Crippen LogP contribution in [0.3, 0.4) is 0 Å². The molecule has 0 N–H and O–H groups in total. The largest absolute Gasteiger partial charge is 0.469 e. The highest BCUT2D eigenvalue weighted by atomic mass is 32.2. The second-order valence-corrected chi connectivity index (χ2v) is 7.57. The molecule has 0 aliphatic carbocycles. The van der Waals surface area contributed by atoms with Crippen molar-refractivity contribution in [3.05, 3.63) is 53.5 Å². The summed E-state index contributed by atoms with van der Waals surface area (Å²) < 4.78 is 58.0. The number of hydrogen-bond donors (Lipinski definition) is 0. The van der Waals surface area contributed by atoms with Gasteiger partial charge in [-0.05, 0) is 25.1 Å². The number of benzene rings is 1. The molecule has 0 saturated carbocycles. The molecule has 6 nitrogen and oxygen atoms in total. The van der Waals surface area contributed by atoms with Crippen LogP contribution in [0.5, 0.6) is 0 Å². The van der Waals surface area contributed by atoms with Gasteiger partial charge in [0.25, 0.3) is 5.91 Å². The number of piperazine rings is 1. The van der Waals surface area contributed by atoms with Crippen molar-refractivity contribution in [2.75, 3.05) is 26.2 Å². The first-order chi connectivity index (χ1) is 11.8. The number of nitrogens with zero attached hydrogens (tertiary/aromatic N) is 2. The van der Waals surface area contributed by atoms with Gasteiger partial charge in [0.2, 0.25) is 10.0 Å². The Morgan fingerprint density at radius 1 is 1.12 bits per heavy atom. The maximum absolute atomic E-state index is 13.8. The summed E-state index contributed by atoms with van der Waals surface area (Å²) in [7, 11) is -4.09. The molecule has 1 aromatic heterocycles. The Morgan fingerprint density at radius 3 is 2.36 bits per heavy atom. The highest BCUT2D eigenvalue weighted by molar-refractivity contribution is 7.89. The molecule has 0 bridgehead atoms. The first-order valence-electron chi connectivity index (χ1n) is 7.59. The van der Waals surface area contributed by atoms with Crippen LogP contribution in [0.25, 0.3) is 0 Å². The number of furan rings is 1. The maximum atomic E-state index is 13.8. The van der Waals surface area contributed by atoms with Gasteiger partial charge in [-0.25, -0.2) is 17.2 Å². The summed E-state index contributed by atoms with van der Waals surface area (Å²) >= 11 is 0. The van der Waals surface area contributed by atoms with Crippen LogP contribution in [-0.4, -0.2) is 49.7 Å². The zero-order valence-corrected chi connectivity index (χ0v) is 14.2. The van der Waals surface area contributed by atoms with E-state index < -0.39 is 26.6 Å². The fourth-order valence-electron chi connectivity index (χ4n) is 2.73. The van der Waals surface area contributed by atoms with Gasteiger partial charge in [0.1, 0.15) is 22.3 Å². The van der Waals surface area contributed by atoms with E-state index in [2.05, 4.69) is 0 Å². The zero-order valence-electron chi connectivity index (χ0n) is 13.4. The third kappa shape index (κ3) is 3.29. The van der Waals surface area contributed by atoms with Gasteiger partial charge in [-0.1, -0.05) is 0 Å². The number of sulfonamides is 1. The molecular weight excluding hydrogens is 354 g/mol. The molecule has 0 atom stereocenters. The van der Waals surface area contributed by atoms with Crippen molar-refractivity contribution < 1.29 is 26.4 Å². The lowest BCUT2D eigenvalue weighted by atomic mass is 10.2. The lowest BCUT2D eigenvalue weighted by Crippen LogP contribution is -2.50. The number of amides is 1. The summed E-state index contributed by atoms with van der Waals surface area (Å²) in [6.45, 7) is 2.08. The lowest BCUT2D eigenvalue weighted by Gasteiger charge is -2.34. The summed E-state index contributed by atoms with van der Waals surface area (Å²) in [4.78, 5) is 13.3. The first-order valence-corrected chi connectivity index (χ1v) is 9.03. The van der Waals surface area contributed by atoms with E-state index in [0.717, 1.165) is 16.4 Å². The Hall–Kier alpha value is -2.26. The SMILES string of the molecule is Cc1occc1C(=O)N1CCN(S(=O)(=O)c2ccc(F)cc2F)CC1. The normalized spacial score (nSPS) is 16.2. The fourth-order valence-corrected chi connectivity index (χ4v) is 4.20. The summed E-state index contributed by atoms with van der Waals surface area (Å²) in [5, 5.41) is 0. The van der Waals surface area contributed by atoms with Crippen molar-refractivity contribution in [3.8, 4) is 0 Å². The Kier molecular flexibility index (Phi) is 4.61. The van der Waals surface area contributed by atoms with Crippen LogP contribution in [0.1, 0.15) is 16.1 Å². The van der Waals surface area contributed by atoms with E-state index in [1.54, 1.807) is 13.0 Å². The van der Waals surface area contributed by atoms with Crippen LogP contribution in [0.15, 0.2) is 39.8 Å². The lowest BCUT2D eigenvalue weighted by molar-refractivity contribution is 0.0696. The van der Waals surface area contributed by atoms with Gasteiger partial charge in [-0.15, -0.1) is 0 Å². The summed E-state index contributed by atoms with van der Waals surface area (Å²) in [5.41, 5.74) is 0.431. The van der Waals surface area contributed by atoms with E-state index in [-0.39, 0.29) is 32.1 Å². The monoisotopic (exact) mass is 370 g/mol. The molecule has 1 aliphatic heterocycles. The second-order valence-electron chi connectivity index (χ2n) is 5.66. The van der Waals surface area contributed by atoms with Crippen LogP contribution in [0, 0.1) is 18.6 Å². The molecule has 1 saturated heterocycles. The molecule has 9 heteroatoms. The van der Waals surface area contributed by atoms with Crippen LogP contribution < -0.4 is 0 Å². The van der Waals surface area contributed by atoms with Crippen molar-refractivity contribution in [1.82, 2.24) is 9.21 Å². The highest BCUT2D eigenvalue weighted by Gasteiger charge is 2.32. The first kappa shape index (κ1) is 17.6. The molecular formula is C16H16F2N2O4S. The Balaban J connectivity index is 1.73. The van der Waals surface area contributed by atoms with Gasteiger partial charge in [0.15, 0.2) is 0 Å². The highest BCUT2D eigenvalue weighted by Crippen LogP contribution is 2.22. The molecule has 2 aromatic rings. The number of carbonyl (C=O) groups excluding carboxylic acids is 1. The molecule has 0 spiro atoms. The Labute approximate surface area is 143 Å². The van der Waals surface area contributed by atoms with Crippen LogP contribution >= 0.6 is 0 Å². The van der Waals surface area contributed by atoms with Crippen LogP contribution in [0.4, 0.5) is 8.78 Å². The minimum atomic E-state index is -4.09. The van der Waals surface area contributed by atoms with Crippen molar-refractivity contribution in [3.63, 3.8) is 0 Å². The molecule has 0 unspecified atom stereocenters. The molecule has 25 heavy (non-hydrogen) atoms. The van der Waals surface area contributed by atoms with E-state index in [1.165, 1.54) is 11.2 Å². The third-order valence-electron chi connectivity index (χ3n) is 4.13. The molecule has 0 radical (unpaired) electrons. The molecule has 134 valence electrons. The van der Waals surface area contributed by atoms with Crippen molar-refractivity contribution in [2.45, 2.75) is 11.8 Å². The van der Waals surface area contributed by atoms with Crippen molar-refractivity contribution >= 4 is 15.9 Å². The molecule has 2 heterocycles. The van der Waals surface area contributed by atoms with E-state index in [1.807, 2.05) is 0 Å². The fraction of sp³-hybridized carbons (Fsp3) is 0.312. The number of carbonyl (C=O) groups is 1. The van der Waals surface area contributed by atoms with Gasteiger partial charge in [0.05, 0.1) is 11.8 Å². The molecule has 1 fully saturated rings. The topological polar surface area (TPSA) is 70.8 Å². The summed E-state index contributed by atoms with van der Waals surface area (Å²) in [6, 6.07) is 3.91. The quantitative estimate of drug-likeness (QED) is 0.829. The predicted molar refractivity (Wildman–Crippen MR) is 84.5 cm³/mol. The summed E-state index contributed by atoms with van der Waals surface area (Å²) in [5.74, 6) is -1.72. The van der Waals surface area contributed by atoms with Crippen molar-refractivity contribution in [1.29, 1.82) is 0 Å². The number of halogens is 2. The standard InChI is InChI=1S/C16H16F2N2O4S/c1-11-13(4-9-24-11)16(21)19-5-7-20(8-6-19)25(22,23)15-3-2-12(17)10-14(15)18/h2-4,9-10H,5-8H2,1H3. The van der Waals surface area contributed by atoms with Gasteiger partial charge in [0, 0.05) is 32.2 Å². The maximum Gasteiger partial charge on any atom is 0.257 e. The Morgan fingerprint density at radius 2 is 1.80 bits per heavy atom. The van der Waals surface area contributed by atoms with E-state index >= 15 is 0 Å². The average Bonchev–Trinajstić information content (AvgIpc) is 3.00. The van der Waals surface area contributed by atoms with E-state index in [4.69, 9.17) is 4.42 Å². The van der Waals surface area contributed by atoms with Crippen molar-refractivity contribution in [2.24, 2.45) is 0 Å². The van der Waals surface area contributed by atoms with Crippen LogP contribution in [-0.2, 0) is 10.0 Å². The number of hydrogen-bond acceptors (Lipinski definition) is 4. The molecule has 1 aliphatic rings. The molecule has 1 aromatic carbocycles. The third-order valence-corrected chi connectivity index (χ3v) is 6.06. The van der Waals surface area contributed by atoms with Gasteiger partial charge in [-0.2, -0.15) is 4.31 Å². The van der Waals surface area contributed by atoms with E-state index in [0.29, 0.717) is 17.4 Å². The predicted octanol–water partition coefficient (Wildman–Crippen LogP) is 2.01.